The SMILES string of the molecule is C[Si](C)(C)C/C(Cl)=C/[Se]/C=C(/Cl)C[Si](C)(C)C. The zero-order valence-electron chi connectivity index (χ0n) is 11.7. The van der Waals surface area contributed by atoms with E-state index in [0.29, 0.717) is 15.0 Å². The Kier molecular flexibility index (Phi) is 8.02. The van der Waals surface area contributed by atoms with Crippen LogP contribution in [0.5, 0.6) is 0 Å². The molecule has 0 aliphatic rings. The Morgan fingerprint density at radius 3 is 1.35 bits per heavy atom. The molecule has 0 aromatic carbocycles. The third kappa shape index (κ3) is 13.2. The van der Waals surface area contributed by atoms with E-state index in [1.165, 1.54) is 0 Å². The molecule has 0 N–H and O–H groups in total. The summed E-state index contributed by atoms with van der Waals surface area (Å²) in [7, 11) is -2.15. The zero-order chi connectivity index (χ0) is 13.7. The average Bonchev–Trinajstić information content (AvgIpc) is 1.95. The molecule has 0 heterocycles. The summed E-state index contributed by atoms with van der Waals surface area (Å²) in [6.45, 7) is 14.0. The summed E-state index contributed by atoms with van der Waals surface area (Å²) in [5, 5.41) is 2.05. The molecule has 0 aromatic rings. The summed E-state index contributed by atoms with van der Waals surface area (Å²) < 4.78 is 0. The van der Waals surface area contributed by atoms with Gasteiger partial charge in [0.05, 0.1) is 0 Å². The van der Waals surface area contributed by atoms with Crippen LogP contribution in [0.25, 0.3) is 0 Å². The number of allylic oxidation sites excluding steroid dienone is 2. The molecule has 0 aliphatic heterocycles. The summed E-state index contributed by atoms with van der Waals surface area (Å²) >= 11 is 12.8. The van der Waals surface area contributed by atoms with Gasteiger partial charge in [0.1, 0.15) is 0 Å². The molecular formula is C12H24Cl2SeSi2. The summed E-state index contributed by atoms with van der Waals surface area (Å²) in [4.78, 5) is 4.33. The van der Waals surface area contributed by atoms with Gasteiger partial charge in [-0.2, -0.15) is 0 Å². The minimum atomic E-state index is -1.07. The topological polar surface area (TPSA) is 0 Å². The second-order valence-corrected chi connectivity index (χ2v) is 20.2. The van der Waals surface area contributed by atoms with E-state index in [4.69, 9.17) is 23.2 Å². The van der Waals surface area contributed by atoms with Crippen molar-refractivity contribution >= 4 is 54.3 Å². The van der Waals surface area contributed by atoms with Crippen LogP contribution >= 0.6 is 23.2 Å². The first-order valence-corrected chi connectivity index (χ1v) is 16.0. The van der Waals surface area contributed by atoms with Crippen LogP contribution in [0.3, 0.4) is 0 Å². The van der Waals surface area contributed by atoms with E-state index in [1.54, 1.807) is 0 Å². The fourth-order valence-corrected chi connectivity index (χ4v) is 8.22. The Balaban J connectivity index is 4.20. The number of hydrogen-bond donors (Lipinski definition) is 0. The van der Waals surface area contributed by atoms with Crippen molar-refractivity contribution in [2.75, 3.05) is 0 Å². The molecule has 0 amide bonds. The molecule has 100 valence electrons. The third-order valence-corrected chi connectivity index (χ3v) is 7.96. The van der Waals surface area contributed by atoms with E-state index in [9.17, 15) is 0 Å². The van der Waals surface area contributed by atoms with Gasteiger partial charge in [0, 0.05) is 0 Å². The van der Waals surface area contributed by atoms with Crippen LogP contribution in [0, 0.1) is 0 Å². The molecule has 0 spiro atoms. The molecule has 5 heteroatoms. The zero-order valence-corrected chi connectivity index (χ0v) is 17.0. The van der Waals surface area contributed by atoms with Gasteiger partial charge in [-0.15, -0.1) is 0 Å². The molecule has 17 heavy (non-hydrogen) atoms. The van der Waals surface area contributed by atoms with Crippen molar-refractivity contribution in [1.82, 2.24) is 0 Å². The van der Waals surface area contributed by atoms with Gasteiger partial charge < -0.3 is 0 Å². The van der Waals surface area contributed by atoms with Crippen LogP contribution < -0.4 is 0 Å². The van der Waals surface area contributed by atoms with E-state index < -0.39 is 16.1 Å². The standard InChI is InChI=1S/C12H24Cl2SeSi2/c1-16(2,3)9-11(13)7-15-8-12(14)10-17(4,5)6/h7-8H,9-10H2,1-6H3/b11-7-,12-8+. The fraction of sp³-hybridized carbons (Fsp3) is 0.667. The minimum absolute atomic E-state index is 0.313. The quantitative estimate of drug-likeness (QED) is 0.537. The monoisotopic (exact) mass is 374 g/mol. The third-order valence-electron chi connectivity index (χ3n) is 1.79. The van der Waals surface area contributed by atoms with Crippen LogP contribution in [-0.4, -0.2) is 31.1 Å². The molecule has 0 nitrogen and oxygen atoms in total. The van der Waals surface area contributed by atoms with Crippen molar-refractivity contribution in [2.24, 2.45) is 0 Å². The number of halogens is 2. The van der Waals surface area contributed by atoms with Crippen LogP contribution in [0.15, 0.2) is 20.0 Å². The molecule has 0 rings (SSSR count). The predicted molar refractivity (Wildman–Crippen MR) is 89.9 cm³/mol. The second-order valence-electron chi connectivity index (χ2n) is 6.74. The summed E-state index contributed by atoms with van der Waals surface area (Å²) in [6.07, 6.45) is 0. The van der Waals surface area contributed by atoms with Gasteiger partial charge in [-0.05, 0) is 0 Å². The first kappa shape index (κ1) is 18.0. The average molecular weight is 374 g/mol. The molecular weight excluding hydrogens is 350 g/mol. The van der Waals surface area contributed by atoms with Gasteiger partial charge in [-0.25, -0.2) is 0 Å². The number of rotatable bonds is 6. The molecule has 0 bridgehead atoms. The molecule has 0 aromatic heterocycles. The van der Waals surface area contributed by atoms with E-state index >= 15 is 0 Å². The maximum absolute atomic E-state index is 6.23. The van der Waals surface area contributed by atoms with Gasteiger partial charge in [0.2, 0.25) is 0 Å². The molecule has 0 radical (unpaired) electrons. The number of hydrogen-bond acceptors (Lipinski definition) is 0. The van der Waals surface area contributed by atoms with Crippen molar-refractivity contribution in [3.63, 3.8) is 0 Å². The van der Waals surface area contributed by atoms with Gasteiger partial charge in [0.15, 0.2) is 0 Å². The first-order valence-electron chi connectivity index (χ1n) is 5.84. The van der Waals surface area contributed by atoms with Crippen molar-refractivity contribution in [3.05, 3.63) is 20.0 Å². The molecule has 0 atom stereocenters. The van der Waals surface area contributed by atoms with Gasteiger partial charge in [-0.3, -0.25) is 0 Å². The summed E-state index contributed by atoms with van der Waals surface area (Å²) in [6, 6.07) is 2.16. The first-order chi connectivity index (χ1) is 7.49. The van der Waals surface area contributed by atoms with Crippen LogP contribution in [0.1, 0.15) is 0 Å². The summed E-state index contributed by atoms with van der Waals surface area (Å²) in [5.74, 6) is 0. The molecule has 0 fully saturated rings. The van der Waals surface area contributed by atoms with Crippen LogP contribution in [-0.2, 0) is 0 Å². The Hall–Kier alpha value is 1.01. The summed E-state index contributed by atoms with van der Waals surface area (Å²) in [5.41, 5.74) is 0. The predicted octanol–water partition coefficient (Wildman–Crippen LogP) is 5.53. The van der Waals surface area contributed by atoms with E-state index in [0.717, 1.165) is 22.2 Å². The molecule has 0 unspecified atom stereocenters. The molecule has 0 saturated heterocycles. The van der Waals surface area contributed by atoms with Crippen LogP contribution in [0.2, 0.25) is 51.4 Å². The Morgan fingerprint density at radius 1 is 0.824 bits per heavy atom. The fourth-order valence-electron chi connectivity index (χ4n) is 1.28. The van der Waals surface area contributed by atoms with Gasteiger partial charge in [-0.1, -0.05) is 0 Å². The Morgan fingerprint density at radius 2 is 1.12 bits per heavy atom. The van der Waals surface area contributed by atoms with Crippen LogP contribution in [0.4, 0.5) is 0 Å². The normalized spacial score (nSPS) is 15.3. The molecule has 0 aliphatic carbocycles. The van der Waals surface area contributed by atoms with Crippen molar-refractivity contribution in [1.29, 1.82) is 0 Å². The maximum atomic E-state index is 6.23. The van der Waals surface area contributed by atoms with E-state index in [2.05, 4.69) is 49.2 Å². The van der Waals surface area contributed by atoms with Crippen molar-refractivity contribution in [3.8, 4) is 0 Å². The van der Waals surface area contributed by atoms with E-state index in [-0.39, 0.29) is 0 Å². The Bertz CT molecular complexity index is 269. The second kappa shape index (κ2) is 7.57. The Labute approximate surface area is 125 Å². The van der Waals surface area contributed by atoms with Crippen molar-refractivity contribution < 1.29 is 0 Å². The van der Waals surface area contributed by atoms with Gasteiger partial charge >= 0.3 is 126 Å². The molecule has 0 saturated carbocycles. The van der Waals surface area contributed by atoms with Gasteiger partial charge in [0.25, 0.3) is 0 Å². The van der Waals surface area contributed by atoms with E-state index in [1.807, 2.05) is 0 Å². The van der Waals surface area contributed by atoms with Crippen molar-refractivity contribution in [2.45, 2.75) is 51.4 Å².